The first-order valence-corrected chi connectivity index (χ1v) is 6.57. The highest BCUT2D eigenvalue weighted by Crippen LogP contribution is 2.13. The molecule has 0 spiro atoms. The van der Waals surface area contributed by atoms with Crippen LogP contribution in [0.3, 0.4) is 0 Å². The summed E-state index contributed by atoms with van der Waals surface area (Å²) in [6.07, 6.45) is 0. The van der Waals surface area contributed by atoms with Crippen molar-refractivity contribution in [3.8, 4) is 0 Å². The predicted molar refractivity (Wildman–Crippen MR) is 78.6 cm³/mol. The van der Waals surface area contributed by atoms with E-state index in [1.54, 1.807) is 13.2 Å². The molecule has 0 aliphatic rings. The molecule has 5 nitrogen and oxygen atoms in total. The molecule has 0 amide bonds. The zero-order valence-corrected chi connectivity index (χ0v) is 12.1. The zero-order valence-electron chi connectivity index (χ0n) is 10.6. The van der Waals surface area contributed by atoms with Crippen LogP contribution < -0.4 is 11.1 Å². The van der Waals surface area contributed by atoms with Crippen LogP contribution in [0.2, 0.25) is 0 Å². The van der Waals surface area contributed by atoms with E-state index in [4.69, 9.17) is 10.5 Å². The van der Waals surface area contributed by atoms with Crippen LogP contribution in [0, 0.1) is 0 Å². The molecule has 0 aliphatic carbocycles. The summed E-state index contributed by atoms with van der Waals surface area (Å²) in [6.45, 7) is 1.02. The molecule has 1 heterocycles. The lowest BCUT2D eigenvalue weighted by Gasteiger charge is -2.08. The molecule has 0 bridgehead atoms. The third-order valence-electron chi connectivity index (χ3n) is 2.45. The Morgan fingerprint density at radius 3 is 2.68 bits per heavy atom. The van der Waals surface area contributed by atoms with Crippen LogP contribution in [0.5, 0.6) is 0 Å². The maximum absolute atomic E-state index is 5.73. The third-order valence-corrected chi connectivity index (χ3v) is 2.98. The molecule has 100 valence electrons. The standard InChI is InChI=1S/C13H15BrN4O/c1-19-8-13-17-11(15)6-12(18-13)16-7-9-2-4-10(14)5-3-9/h2-6H,7-8H2,1H3,(H3,15,16,17,18). The summed E-state index contributed by atoms with van der Waals surface area (Å²) in [6, 6.07) is 9.79. The van der Waals surface area contributed by atoms with E-state index in [2.05, 4.69) is 31.2 Å². The fraction of sp³-hybridized carbons (Fsp3) is 0.231. The Hall–Kier alpha value is -1.66. The number of nitrogens with two attached hydrogens (primary N) is 1. The van der Waals surface area contributed by atoms with Gasteiger partial charge in [-0.15, -0.1) is 0 Å². The summed E-state index contributed by atoms with van der Waals surface area (Å²) in [5, 5.41) is 3.22. The monoisotopic (exact) mass is 322 g/mol. The first kappa shape index (κ1) is 13.8. The lowest BCUT2D eigenvalue weighted by atomic mass is 10.2. The fourth-order valence-corrected chi connectivity index (χ4v) is 1.86. The van der Waals surface area contributed by atoms with Gasteiger partial charge in [-0.2, -0.15) is 0 Å². The van der Waals surface area contributed by atoms with Crippen molar-refractivity contribution in [3.05, 3.63) is 46.2 Å². The Morgan fingerprint density at radius 2 is 2.00 bits per heavy atom. The summed E-state index contributed by atoms with van der Waals surface area (Å²) < 4.78 is 6.06. The van der Waals surface area contributed by atoms with E-state index >= 15 is 0 Å². The molecule has 0 atom stereocenters. The van der Waals surface area contributed by atoms with Crippen LogP contribution in [-0.4, -0.2) is 17.1 Å². The van der Waals surface area contributed by atoms with Gasteiger partial charge in [0.05, 0.1) is 0 Å². The van der Waals surface area contributed by atoms with E-state index in [0.717, 1.165) is 10.0 Å². The van der Waals surface area contributed by atoms with E-state index in [1.807, 2.05) is 24.3 Å². The van der Waals surface area contributed by atoms with Crippen LogP contribution in [-0.2, 0) is 17.9 Å². The van der Waals surface area contributed by atoms with Gasteiger partial charge >= 0.3 is 0 Å². The van der Waals surface area contributed by atoms with Gasteiger partial charge in [-0.05, 0) is 17.7 Å². The van der Waals surface area contributed by atoms with Crippen LogP contribution >= 0.6 is 15.9 Å². The van der Waals surface area contributed by atoms with Crippen molar-refractivity contribution < 1.29 is 4.74 Å². The minimum absolute atomic E-state index is 0.345. The number of benzene rings is 1. The van der Waals surface area contributed by atoms with Crippen LogP contribution in [0.4, 0.5) is 11.6 Å². The minimum atomic E-state index is 0.345. The number of hydrogen-bond donors (Lipinski definition) is 2. The maximum Gasteiger partial charge on any atom is 0.158 e. The SMILES string of the molecule is COCc1nc(N)cc(NCc2ccc(Br)cc2)n1. The fourth-order valence-electron chi connectivity index (χ4n) is 1.60. The van der Waals surface area contributed by atoms with E-state index in [1.165, 1.54) is 0 Å². The molecule has 0 radical (unpaired) electrons. The Balaban J connectivity index is 2.04. The number of methoxy groups -OCH3 is 1. The largest absolute Gasteiger partial charge is 0.384 e. The number of rotatable bonds is 5. The van der Waals surface area contributed by atoms with Crippen molar-refractivity contribution >= 4 is 27.6 Å². The number of nitrogens with one attached hydrogen (secondary N) is 1. The number of halogens is 1. The van der Waals surface area contributed by atoms with Crippen molar-refractivity contribution in [3.63, 3.8) is 0 Å². The Bertz CT molecular complexity index is 545. The molecular formula is C13H15BrN4O. The van der Waals surface area contributed by atoms with Gasteiger partial charge in [-0.25, -0.2) is 9.97 Å². The molecule has 1 aromatic heterocycles. The maximum atomic E-state index is 5.73. The van der Waals surface area contributed by atoms with Crippen LogP contribution in [0.1, 0.15) is 11.4 Å². The lowest BCUT2D eigenvalue weighted by molar-refractivity contribution is 0.178. The molecule has 2 rings (SSSR count). The first-order chi connectivity index (χ1) is 9.17. The van der Waals surface area contributed by atoms with Gasteiger partial charge in [0, 0.05) is 24.2 Å². The van der Waals surface area contributed by atoms with Crippen LogP contribution in [0.15, 0.2) is 34.8 Å². The second-order valence-corrected chi connectivity index (χ2v) is 4.92. The zero-order chi connectivity index (χ0) is 13.7. The van der Waals surface area contributed by atoms with Crippen molar-refractivity contribution in [2.75, 3.05) is 18.2 Å². The summed E-state index contributed by atoms with van der Waals surface area (Å²) in [5.41, 5.74) is 6.89. The molecule has 0 unspecified atom stereocenters. The number of nitrogens with zero attached hydrogens (tertiary/aromatic N) is 2. The molecule has 3 N–H and O–H groups in total. The van der Waals surface area contributed by atoms with Gasteiger partial charge in [0.25, 0.3) is 0 Å². The molecule has 0 saturated heterocycles. The molecule has 19 heavy (non-hydrogen) atoms. The second-order valence-electron chi connectivity index (χ2n) is 4.01. The highest BCUT2D eigenvalue weighted by molar-refractivity contribution is 9.10. The second kappa shape index (κ2) is 6.49. The Kier molecular flexibility index (Phi) is 4.70. The van der Waals surface area contributed by atoms with E-state index in [-0.39, 0.29) is 0 Å². The van der Waals surface area contributed by atoms with E-state index in [9.17, 15) is 0 Å². The quantitative estimate of drug-likeness (QED) is 0.885. The number of ether oxygens (including phenoxy) is 1. The molecule has 0 saturated carbocycles. The first-order valence-electron chi connectivity index (χ1n) is 5.78. The van der Waals surface area contributed by atoms with Crippen molar-refractivity contribution in [2.24, 2.45) is 0 Å². The number of nitrogen functional groups attached to an aromatic ring is 1. The third kappa shape index (κ3) is 4.18. The number of aromatic nitrogens is 2. The topological polar surface area (TPSA) is 73.1 Å². The van der Waals surface area contributed by atoms with Crippen molar-refractivity contribution in [2.45, 2.75) is 13.2 Å². The van der Waals surface area contributed by atoms with E-state index in [0.29, 0.717) is 30.6 Å². The molecule has 6 heteroatoms. The van der Waals surface area contributed by atoms with E-state index < -0.39 is 0 Å². The summed E-state index contributed by atoms with van der Waals surface area (Å²) in [4.78, 5) is 8.41. The normalized spacial score (nSPS) is 10.4. The van der Waals surface area contributed by atoms with Crippen molar-refractivity contribution in [1.82, 2.24) is 9.97 Å². The average Bonchev–Trinajstić information content (AvgIpc) is 2.38. The van der Waals surface area contributed by atoms with Gasteiger partial charge in [0.15, 0.2) is 5.82 Å². The van der Waals surface area contributed by atoms with Crippen molar-refractivity contribution in [1.29, 1.82) is 0 Å². The van der Waals surface area contributed by atoms with Gasteiger partial charge in [-0.1, -0.05) is 28.1 Å². The Labute approximate surface area is 120 Å². The van der Waals surface area contributed by atoms with Gasteiger partial charge in [0.1, 0.15) is 18.2 Å². The van der Waals surface area contributed by atoms with Gasteiger partial charge in [-0.3, -0.25) is 0 Å². The predicted octanol–water partition coefficient (Wildman–Crippen LogP) is 2.58. The Morgan fingerprint density at radius 1 is 1.26 bits per heavy atom. The minimum Gasteiger partial charge on any atom is -0.384 e. The van der Waals surface area contributed by atoms with Crippen LogP contribution in [0.25, 0.3) is 0 Å². The van der Waals surface area contributed by atoms with Gasteiger partial charge in [0.2, 0.25) is 0 Å². The highest BCUT2D eigenvalue weighted by atomic mass is 79.9. The lowest BCUT2D eigenvalue weighted by Crippen LogP contribution is -2.07. The molecule has 0 fully saturated rings. The number of hydrogen-bond acceptors (Lipinski definition) is 5. The molecule has 1 aromatic carbocycles. The molecular weight excluding hydrogens is 308 g/mol. The summed E-state index contributed by atoms with van der Waals surface area (Å²) in [7, 11) is 1.60. The van der Waals surface area contributed by atoms with Gasteiger partial charge < -0.3 is 15.8 Å². The number of anilines is 2. The average molecular weight is 323 g/mol. The molecule has 2 aromatic rings. The highest BCUT2D eigenvalue weighted by Gasteiger charge is 2.02. The summed E-state index contributed by atoms with van der Waals surface area (Å²) in [5.74, 6) is 1.70. The molecule has 0 aliphatic heterocycles. The smallest absolute Gasteiger partial charge is 0.158 e. The summed E-state index contributed by atoms with van der Waals surface area (Å²) >= 11 is 3.41.